The van der Waals surface area contributed by atoms with Gasteiger partial charge in [-0.15, -0.1) is 0 Å². The first-order valence-corrected chi connectivity index (χ1v) is 6.04. The molecule has 0 saturated heterocycles. The first-order valence-electron chi connectivity index (χ1n) is 6.04. The van der Waals surface area contributed by atoms with E-state index in [0.717, 1.165) is 11.3 Å². The summed E-state index contributed by atoms with van der Waals surface area (Å²) < 4.78 is 5.28. The Morgan fingerprint density at radius 1 is 1.39 bits per heavy atom. The Balaban J connectivity index is 2.64. The molecule has 0 aliphatic carbocycles. The van der Waals surface area contributed by atoms with Crippen molar-refractivity contribution in [1.82, 2.24) is 0 Å². The molecule has 0 unspecified atom stereocenters. The fraction of sp³-hybridized carbons (Fsp3) is 0.500. The Hall–Kier alpha value is -1.55. The lowest BCUT2D eigenvalue weighted by Gasteiger charge is -2.23. The molecular formula is C14H22N2O2. The second-order valence-electron chi connectivity index (χ2n) is 5.32. The average molecular weight is 250 g/mol. The maximum absolute atomic E-state index is 11.7. The fourth-order valence-electron chi connectivity index (χ4n) is 1.58. The maximum Gasteiger partial charge on any atom is 0.326 e. The number of benzene rings is 1. The molecule has 0 heterocycles. The molecule has 0 fully saturated rings. The van der Waals surface area contributed by atoms with Gasteiger partial charge in [0.25, 0.3) is 0 Å². The van der Waals surface area contributed by atoms with Crippen LogP contribution in [0, 0.1) is 0 Å². The summed E-state index contributed by atoms with van der Waals surface area (Å²) in [4.78, 5) is 13.6. The molecule has 0 spiro atoms. The van der Waals surface area contributed by atoms with Gasteiger partial charge in [-0.2, -0.15) is 0 Å². The van der Waals surface area contributed by atoms with Gasteiger partial charge in [-0.3, -0.25) is 4.79 Å². The van der Waals surface area contributed by atoms with Gasteiger partial charge in [-0.05, 0) is 38.5 Å². The zero-order valence-corrected chi connectivity index (χ0v) is 11.6. The van der Waals surface area contributed by atoms with Gasteiger partial charge in [0.2, 0.25) is 0 Å². The highest BCUT2D eigenvalue weighted by atomic mass is 16.6. The van der Waals surface area contributed by atoms with Gasteiger partial charge in [0.1, 0.15) is 12.1 Å². The monoisotopic (exact) mass is 250 g/mol. The van der Waals surface area contributed by atoms with Crippen LogP contribution >= 0.6 is 0 Å². The lowest BCUT2D eigenvalue weighted by molar-refractivity contribution is -0.152. The van der Waals surface area contributed by atoms with Gasteiger partial charge in [-0.25, -0.2) is 0 Å². The Morgan fingerprint density at radius 2 is 2.06 bits per heavy atom. The van der Waals surface area contributed by atoms with Crippen molar-refractivity contribution in [3.63, 3.8) is 0 Å². The predicted octanol–water partition coefficient (Wildman–Crippen LogP) is 1.92. The molecule has 0 amide bonds. The van der Waals surface area contributed by atoms with Crippen LogP contribution in [-0.4, -0.2) is 25.2 Å². The zero-order valence-electron chi connectivity index (χ0n) is 11.6. The number of carbonyl (C=O) groups excluding carboxylic acids is 1. The highest BCUT2D eigenvalue weighted by Gasteiger charge is 2.17. The smallest absolute Gasteiger partial charge is 0.326 e. The van der Waals surface area contributed by atoms with Crippen molar-refractivity contribution in [1.29, 1.82) is 0 Å². The van der Waals surface area contributed by atoms with E-state index in [1.54, 1.807) is 0 Å². The summed E-state index contributed by atoms with van der Waals surface area (Å²) in [6.45, 7) is 6.30. The van der Waals surface area contributed by atoms with Crippen molar-refractivity contribution in [3.05, 3.63) is 29.8 Å². The molecule has 0 atom stereocenters. The summed E-state index contributed by atoms with van der Waals surface area (Å²) >= 11 is 0. The molecule has 0 aromatic heterocycles. The number of carbonyl (C=O) groups is 1. The van der Waals surface area contributed by atoms with Gasteiger partial charge in [0.05, 0.1) is 0 Å². The summed E-state index contributed by atoms with van der Waals surface area (Å²) in [5, 5.41) is 0. The minimum absolute atomic E-state index is 0.227. The Morgan fingerprint density at radius 3 is 2.61 bits per heavy atom. The number of ether oxygens (including phenoxy) is 1. The average Bonchev–Trinajstić information content (AvgIpc) is 2.26. The number of anilines is 1. The number of esters is 1. The van der Waals surface area contributed by atoms with Crippen LogP contribution in [0.3, 0.4) is 0 Å². The number of hydrogen-bond acceptors (Lipinski definition) is 4. The molecule has 4 nitrogen and oxygen atoms in total. The highest BCUT2D eigenvalue weighted by molar-refractivity contribution is 5.76. The Kier molecular flexibility index (Phi) is 4.73. The van der Waals surface area contributed by atoms with Crippen molar-refractivity contribution in [2.45, 2.75) is 32.9 Å². The summed E-state index contributed by atoms with van der Waals surface area (Å²) in [5.74, 6) is -0.233. The highest BCUT2D eigenvalue weighted by Crippen LogP contribution is 2.15. The van der Waals surface area contributed by atoms with Crippen LogP contribution in [0.5, 0.6) is 0 Å². The van der Waals surface area contributed by atoms with Crippen LogP contribution in [0.4, 0.5) is 5.69 Å². The van der Waals surface area contributed by atoms with E-state index in [1.165, 1.54) is 0 Å². The van der Waals surface area contributed by atoms with Gasteiger partial charge in [0.15, 0.2) is 0 Å². The number of rotatable bonds is 4. The standard InChI is InChI=1S/C14H22N2O2/c1-14(2,3)18-13(17)10-16(4)12-7-5-6-11(8-12)9-15/h5-8H,9-10,15H2,1-4H3. The molecule has 100 valence electrons. The van der Waals surface area contributed by atoms with Crippen molar-refractivity contribution < 1.29 is 9.53 Å². The van der Waals surface area contributed by atoms with Gasteiger partial charge < -0.3 is 15.4 Å². The van der Waals surface area contributed by atoms with E-state index in [1.807, 2.05) is 57.0 Å². The van der Waals surface area contributed by atoms with E-state index in [0.29, 0.717) is 6.54 Å². The summed E-state index contributed by atoms with van der Waals surface area (Å²) in [5.41, 5.74) is 7.15. The second-order valence-corrected chi connectivity index (χ2v) is 5.32. The quantitative estimate of drug-likeness (QED) is 0.830. The molecule has 1 rings (SSSR count). The van der Waals surface area contributed by atoms with Crippen LogP contribution < -0.4 is 10.6 Å². The minimum atomic E-state index is -0.447. The van der Waals surface area contributed by atoms with Crippen molar-refractivity contribution in [3.8, 4) is 0 Å². The molecule has 2 N–H and O–H groups in total. The largest absolute Gasteiger partial charge is 0.459 e. The van der Waals surface area contributed by atoms with E-state index in [9.17, 15) is 4.79 Å². The molecule has 0 bridgehead atoms. The van der Waals surface area contributed by atoms with E-state index in [-0.39, 0.29) is 12.5 Å². The van der Waals surface area contributed by atoms with Crippen molar-refractivity contribution in [2.75, 3.05) is 18.5 Å². The molecule has 0 aliphatic heterocycles. The molecular weight excluding hydrogens is 228 g/mol. The van der Waals surface area contributed by atoms with Gasteiger partial charge in [0, 0.05) is 19.3 Å². The van der Waals surface area contributed by atoms with Crippen LogP contribution in [0.15, 0.2) is 24.3 Å². The second kappa shape index (κ2) is 5.87. The van der Waals surface area contributed by atoms with Crippen molar-refractivity contribution in [2.24, 2.45) is 5.73 Å². The lowest BCUT2D eigenvalue weighted by atomic mass is 10.2. The Bertz CT molecular complexity index is 411. The first-order chi connectivity index (χ1) is 8.31. The van der Waals surface area contributed by atoms with E-state index >= 15 is 0 Å². The first kappa shape index (κ1) is 14.5. The molecule has 1 aromatic rings. The molecule has 0 aliphatic rings. The number of likely N-dealkylation sites (N-methyl/N-ethyl adjacent to an activating group) is 1. The molecule has 1 aromatic carbocycles. The third-order valence-corrected chi connectivity index (χ3v) is 2.37. The fourth-order valence-corrected chi connectivity index (χ4v) is 1.58. The summed E-state index contributed by atoms with van der Waals surface area (Å²) in [6.07, 6.45) is 0. The lowest BCUT2D eigenvalue weighted by Crippen LogP contribution is -2.32. The molecule has 4 heteroatoms. The third kappa shape index (κ3) is 4.75. The molecule has 0 radical (unpaired) electrons. The SMILES string of the molecule is CN(CC(=O)OC(C)(C)C)c1cccc(CN)c1. The predicted molar refractivity (Wildman–Crippen MR) is 73.4 cm³/mol. The van der Waals surface area contributed by atoms with Crippen LogP contribution in [0.1, 0.15) is 26.3 Å². The minimum Gasteiger partial charge on any atom is -0.459 e. The number of nitrogens with two attached hydrogens (primary N) is 1. The van der Waals surface area contributed by atoms with E-state index < -0.39 is 5.60 Å². The van der Waals surface area contributed by atoms with Crippen LogP contribution in [0.25, 0.3) is 0 Å². The number of hydrogen-bond donors (Lipinski definition) is 1. The topological polar surface area (TPSA) is 55.6 Å². The number of nitrogens with zero attached hydrogens (tertiary/aromatic N) is 1. The Labute approximate surface area is 109 Å². The zero-order chi connectivity index (χ0) is 13.8. The molecule has 18 heavy (non-hydrogen) atoms. The van der Waals surface area contributed by atoms with E-state index in [4.69, 9.17) is 10.5 Å². The van der Waals surface area contributed by atoms with Gasteiger partial charge >= 0.3 is 5.97 Å². The van der Waals surface area contributed by atoms with Crippen molar-refractivity contribution >= 4 is 11.7 Å². The summed E-state index contributed by atoms with van der Waals surface area (Å²) in [7, 11) is 1.86. The van der Waals surface area contributed by atoms with E-state index in [2.05, 4.69) is 0 Å². The van der Waals surface area contributed by atoms with Gasteiger partial charge in [-0.1, -0.05) is 12.1 Å². The maximum atomic E-state index is 11.7. The summed E-state index contributed by atoms with van der Waals surface area (Å²) in [6, 6.07) is 7.82. The third-order valence-electron chi connectivity index (χ3n) is 2.37. The normalized spacial score (nSPS) is 11.2. The van der Waals surface area contributed by atoms with Crippen LogP contribution in [-0.2, 0) is 16.1 Å². The van der Waals surface area contributed by atoms with Crippen LogP contribution in [0.2, 0.25) is 0 Å². The molecule has 0 saturated carbocycles.